The Balaban J connectivity index is 2.15. The molecule has 0 aliphatic rings. The van der Waals surface area contributed by atoms with Crippen molar-refractivity contribution in [2.45, 2.75) is 32.7 Å². The molecular formula is C18H23N3O3. The fourth-order valence-electron chi connectivity index (χ4n) is 2.33. The Morgan fingerprint density at radius 1 is 1.21 bits per heavy atom. The number of carbonyl (C=O) groups excluding carboxylic acids is 1. The number of hydrogen-bond acceptors (Lipinski definition) is 3. The molecule has 6 heteroatoms. The van der Waals surface area contributed by atoms with Gasteiger partial charge in [0, 0.05) is 26.1 Å². The van der Waals surface area contributed by atoms with E-state index >= 15 is 0 Å². The van der Waals surface area contributed by atoms with Gasteiger partial charge in [-0.25, -0.2) is 4.79 Å². The van der Waals surface area contributed by atoms with Crippen molar-refractivity contribution in [3.05, 3.63) is 52.8 Å². The number of nitrogens with zero attached hydrogens (tertiary/aromatic N) is 3. The zero-order chi connectivity index (χ0) is 18.1. The molecule has 0 unspecified atom stereocenters. The Labute approximate surface area is 141 Å². The molecule has 0 aliphatic carbocycles. The van der Waals surface area contributed by atoms with Crippen LogP contribution in [0.3, 0.4) is 0 Å². The number of carboxylic acid groups (broad SMARTS) is 1. The van der Waals surface area contributed by atoms with Crippen LogP contribution < -0.4 is 0 Å². The van der Waals surface area contributed by atoms with Gasteiger partial charge in [0.15, 0.2) is 0 Å². The molecule has 0 spiro atoms. The highest BCUT2D eigenvalue weighted by atomic mass is 16.4. The first kappa shape index (κ1) is 17.7. The van der Waals surface area contributed by atoms with E-state index in [1.807, 2.05) is 6.07 Å². The van der Waals surface area contributed by atoms with Crippen molar-refractivity contribution < 1.29 is 14.7 Å². The van der Waals surface area contributed by atoms with E-state index in [2.05, 4.69) is 25.9 Å². The minimum atomic E-state index is -0.962. The molecule has 128 valence electrons. The quantitative estimate of drug-likeness (QED) is 0.936. The summed E-state index contributed by atoms with van der Waals surface area (Å²) in [6.45, 7) is 6.56. The first-order valence-electron chi connectivity index (χ1n) is 7.72. The third-order valence-corrected chi connectivity index (χ3v) is 3.83. The van der Waals surface area contributed by atoms with Gasteiger partial charge in [-0.1, -0.05) is 32.9 Å². The lowest BCUT2D eigenvalue weighted by Gasteiger charge is -2.17. The average Bonchev–Trinajstić information content (AvgIpc) is 2.89. The number of aromatic nitrogens is 2. The molecule has 1 heterocycles. The fraction of sp³-hybridized carbons (Fsp3) is 0.389. The Bertz CT molecular complexity index is 755. The van der Waals surface area contributed by atoms with Crippen molar-refractivity contribution in [2.24, 2.45) is 7.05 Å². The largest absolute Gasteiger partial charge is 0.478 e. The average molecular weight is 329 g/mol. The molecule has 1 aromatic heterocycles. The monoisotopic (exact) mass is 329 g/mol. The summed E-state index contributed by atoms with van der Waals surface area (Å²) < 4.78 is 1.60. The first-order chi connectivity index (χ1) is 11.1. The van der Waals surface area contributed by atoms with Gasteiger partial charge in [-0.3, -0.25) is 9.48 Å². The molecule has 1 aromatic carbocycles. The summed E-state index contributed by atoms with van der Waals surface area (Å²) >= 11 is 0. The van der Waals surface area contributed by atoms with Crippen LogP contribution in [-0.2, 0) is 19.0 Å². The van der Waals surface area contributed by atoms with Crippen LogP contribution in [0.1, 0.15) is 52.9 Å². The number of amides is 1. The minimum Gasteiger partial charge on any atom is -0.478 e. The van der Waals surface area contributed by atoms with Gasteiger partial charge in [-0.15, -0.1) is 0 Å². The molecule has 0 aliphatic heterocycles. The lowest BCUT2D eigenvalue weighted by molar-refractivity contribution is 0.0695. The van der Waals surface area contributed by atoms with E-state index in [4.69, 9.17) is 5.11 Å². The summed E-state index contributed by atoms with van der Waals surface area (Å²) in [7, 11) is 3.48. The van der Waals surface area contributed by atoms with E-state index < -0.39 is 5.97 Å². The number of carbonyl (C=O) groups is 2. The molecule has 6 nitrogen and oxygen atoms in total. The highest BCUT2D eigenvalue weighted by molar-refractivity contribution is 5.92. The Kier molecular flexibility index (Phi) is 4.78. The molecule has 0 radical (unpaired) electrons. The predicted octanol–water partition coefficient (Wildman–Crippen LogP) is 2.69. The van der Waals surface area contributed by atoms with Crippen molar-refractivity contribution >= 4 is 11.9 Å². The third kappa shape index (κ3) is 3.82. The number of aromatic carboxylic acids is 1. The number of carboxylic acids is 1. The number of benzene rings is 1. The summed E-state index contributed by atoms with van der Waals surface area (Å²) in [4.78, 5) is 25.1. The highest BCUT2D eigenvalue weighted by Gasteiger charge is 2.23. The zero-order valence-electron chi connectivity index (χ0n) is 14.7. The van der Waals surface area contributed by atoms with Gasteiger partial charge in [-0.2, -0.15) is 5.10 Å². The number of rotatable bonds is 4. The molecular weight excluding hydrogens is 306 g/mol. The van der Waals surface area contributed by atoms with E-state index in [9.17, 15) is 9.59 Å². The van der Waals surface area contributed by atoms with Crippen molar-refractivity contribution in [1.82, 2.24) is 14.7 Å². The standard InChI is InChI=1S/C18H23N3O3/c1-18(2,3)15-10-14(21(5)19-15)16(22)20(4)11-12-6-8-13(9-7-12)17(23)24/h6-10H,11H2,1-5H3,(H,23,24). The van der Waals surface area contributed by atoms with Crippen LogP contribution in [0.5, 0.6) is 0 Å². The molecule has 2 rings (SSSR count). The van der Waals surface area contributed by atoms with Crippen LogP contribution in [0.25, 0.3) is 0 Å². The zero-order valence-corrected chi connectivity index (χ0v) is 14.7. The number of hydrogen-bond donors (Lipinski definition) is 1. The lowest BCUT2D eigenvalue weighted by Crippen LogP contribution is -2.28. The summed E-state index contributed by atoms with van der Waals surface area (Å²) in [5.41, 5.74) is 2.38. The van der Waals surface area contributed by atoms with E-state index in [0.29, 0.717) is 12.2 Å². The van der Waals surface area contributed by atoms with Crippen molar-refractivity contribution in [1.29, 1.82) is 0 Å². The molecule has 1 amide bonds. The van der Waals surface area contributed by atoms with Crippen LogP contribution in [0.2, 0.25) is 0 Å². The van der Waals surface area contributed by atoms with Crippen LogP contribution in [0.4, 0.5) is 0 Å². The smallest absolute Gasteiger partial charge is 0.335 e. The van der Waals surface area contributed by atoms with Crippen molar-refractivity contribution in [3.63, 3.8) is 0 Å². The Morgan fingerprint density at radius 3 is 2.25 bits per heavy atom. The van der Waals surface area contributed by atoms with Gasteiger partial charge < -0.3 is 10.0 Å². The summed E-state index contributed by atoms with van der Waals surface area (Å²) in [6.07, 6.45) is 0. The summed E-state index contributed by atoms with van der Waals surface area (Å²) in [5, 5.41) is 13.3. The fourth-order valence-corrected chi connectivity index (χ4v) is 2.33. The molecule has 0 saturated carbocycles. The van der Waals surface area contributed by atoms with Crippen molar-refractivity contribution in [2.75, 3.05) is 7.05 Å². The molecule has 0 atom stereocenters. The Hall–Kier alpha value is -2.63. The minimum absolute atomic E-state index is 0.122. The summed E-state index contributed by atoms with van der Waals surface area (Å²) in [5.74, 6) is -1.08. The predicted molar refractivity (Wildman–Crippen MR) is 91.1 cm³/mol. The molecule has 2 aromatic rings. The second-order valence-corrected chi connectivity index (χ2v) is 6.95. The first-order valence-corrected chi connectivity index (χ1v) is 7.72. The van der Waals surface area contributed by atoms with Gasteiger partial charge in [0.05, 0.1) is 11.3 Å². The lowest BCUT2D eigenvalue weighted by atomic mass is 9.92. The van der Waals surface area contributed by atoms with Gasteiger partial charge >= 0.3 is 5.97 Å². The van der Waals surface area contributed by atoms with Gasteiger partial charge in [0.1, 0.15) is 5.69 Å². The molecule has 0 saturated heterocycles. The topological polar surface area (TPSA) is 75.4 Å². The molecule has 0 fully saturated rings. The third-order valence-electron chi connectivity index (χ3n) is 3.83. The maximum atomic E-state index is 12.7. The summed E-state index contributed by atoms with van der Waals surface area (Å²) in [6, 6.07) is 8.34. The van der Waals surface area contributed by atoms with E-state index in [1.54, 1.807) is 35.8 Å². The number of aryl methyl sites for hydroxylation is 1. The van der Waals surface area contributed by atoms with Crippen LogP contribution >= 0.6 is 0 Å². The van der Waals surface area contributed by atoms with Crippen molar-refractivity contribution in [3.8, 4) is 0 Å². The second-order valence-electron chi connectivity index (χ2n) is 6.95. The molecule has 24 heavy (non-hydrogen) atoms. The highest BCUT2D eigenvalue weighted by Crippen LogP contribution is 2.22. The van der Waals surface area contributed by atoms with Gasteiger partial charge in [0.25, 0.3) is 5.91 Å². The maximum absolute atomic E-state index is 12.7. The molecule has 1 N–H and O–H groups in total. The maximum Gasteiger partial charge on any atom is 0.335 e. The second kappa shape index (κ2) is 6.47. The van der Waals surface area contributed by atoms with Crippen LogP contribution in [-0.4, -0.2) is 38.7 Å². The van der Waals surface area contributed by atoms with Gasteiger partial charge in [0.2, 0.25) is 0 Å². The van der Waals surface area contributed by atoms with Crippen LogP contribution in [0, 0.1) is 0 Å². The molecule has 0 bridgehead atoms. The van der Waals surface area contributed by atoms with E-state index in [0.717, 1.165) is 11.3 Å². The van der Waals surface area contributed by atoms with E-state index in [1.165, 1.54) is 12.1 Å². The van der Waals surface area contributed by atoms with Crippen LogP contribution in [0.15, 0.2) is 30.3 Å². The Morgan fingerprint density at radius 2 is 1.79 bits per heavy atom. The normalized spacial score (nSPS) is 11.4. The van der Waals surface area contributed by atoms with Gasteiger partial charge in [-0.05, 0) is 23.8 Å². The van der Waals surface area contributed by atoms with E-state index in [-0.39, 0.29) is 16.9 Å². The SMILES string of the molecule is CN(Cc1ccc(C(=O)O)cc1)C(=O)c1cc(C(C)(C)C)nn1C.